The van der Waals surface area contributed by atoms with Gasteiger partial charge < -0.3 is 29.3 Å². The zero-order chi connectivity index (χ0) is 29.1. The van der Waals surface area contributed by atoms with Crippen LogP contribution in [0, 0.1) is 5.92 Å². The fourth-order valence-corrected chi connectivity index (χ4v) is 10.1. The third kappa shape index (κ3) is 4.52. The molecule has 2 N–H and O–H groups in total. The zero-order valence-electron chi connectivity index (χ0n) is 24.0. The molecule has 0 unspecified atom stereocenters. The molecule has 2 aromatic carbocycles. The van der Waals surface area contributed by atoms with Gasteiger partial charge in [0.2, 0.25) is 11.8 Å². The summed E-state index contributed by atoms with van der Waals surface area (Å²) < 4.78 is 6.78. The number of aliphatic hydroxyl groups excluding tert-OH is 1. The fraction of sp³-hybridized carbons (Fsp3) is 0.516. The van der Waals surface area contributed by atoms with Crippen LogP contribution in [-0.2, 0) is 31.3 Å². The van der Waals surface area contributed by atoms with Crippen molar-refractivity contribution in [3.05, 3.63) is 59.7 Å². The molecule has 4 heterocycles. The quantitative estimate of drug-likeness (QED) is 0.387. The molecule has 5 atom stereocenters. The number of anilines is 2. The topological polar surface area (TPSA) is 111 Å². The second kappa shape index (κ2) is 10.3. The van der Waals surface area contributed by atoms with Gasteiger partial charge in [-0.05, 0) is 49.7 Å². The van der Waals surface area contributed by atoms with Crippen LogP contribution in [0.15, 0.2) is 48.5 Å². The summed E-state index contributed by atoms with van der Waals surface area (Å²) in [7, 11) is -2.89. The SMILES string of the molecule is C[C@H]1[C@H]([Si](C)(C)O)[C@@H](CC(=O)N2CCC[C@H]2CO)O[C@]12C(=O)N(Cc1ccc(N3CCC3=O)cc1)c1ccccc12. The number of hydrogen-bond donors (Lipinski definition) is 2. The van der Waals surface area contributed by atoms with Gasteiger partial charge in [-0.15, -0.1) is 0 Å². The number of carbonyl (C=O) groups is 3. The molecule has 3 saturated heterocycles. The molecular weight excluding hydrogens is 538 g/mol. The van der Waals surface area contributed by atoms with Crippen molar-refractivity contribution in [2.45, 2.75) is 75.5 Å². The van der Waals surface area contributed by atoms with Gasteiger partial charge in [0, 0.05) is 42.2 Å². The number of likely N-dealkylation sites (tertiary alicyclic amines) is 1. The third-order valence-corrected chi connectivity index (χ3v) is 12.1. The zero-order valence-corrected chi connectivity index (χ0v) is 25.0. The summed E-state index contributed by atoms with van der Waals surface area (Å²) in [6, 6.07) is 15.2. The highest BCUT2D eigenvalue weighted by molar-refractivity contribution is 6.71. The van der Waals surface area contributed by atoms with Crippen LogP contribution < -0.4 is 9.80 Å². The number of β-lactam (4-membered cyclic amide) rings is 1. The maximum absolute atomic E-state index is 14.5. The number of hydrogen-bond acceptors (Lipinski definition) is 6. The smallest absolute Gasteiger partial charge is 0.264 e. The number of amides is 3. The highest BCUT2D eigenvalue weighted by Gasteiger charge is 2.66. The van der Waals surface area contributed by atoms with E-state index in [-0.39, 0.29) is 48.3 Å². The molecule has 9 nitrogen and oxygen atoms in total. The third-order valence-electron chi connectivity index (χ3n) is 9.61. The van der Waals surface area contributed by atoms with E-state index in [1.54, 1.807) is 14.7 Å². The van der Waals surface area contributed by atoms with Crippen molar-refractivity contribution in [2.24, 2.45) is 5.92 Å². The summed E-state index contributed by atoms with van der Waals surface area (Å²) in [4.78, 5) is 56.5. The lowest BCUT2D eigenvalue weighted by Gasteiger charge is -2.33. The lowest BCUT2D eigenvalue weighted by molar-refractivity contribution is -0.150. The number of nitrogens with zero attached hydrogens (tertiary/aromatic N) is 3. The van der Waals surface area contributed by atoms with Crippen molar-refractivity contribution in [2.75, 3.05) is 29.5 Å². The molecule has 0 saturated carbocycles. The largest absolute Gasteiger partial charge is 0.432 e. The van der Waals surface area contributed by atoms with Gasteiger partial charge in [-0.2, -0.15) is 0 Å². The lowest BCUT2D eigenvalue weighted by Crippen LogP contribution is -2.46. The maximum atomic E-state index is 14.5. The number of aliphatic hydroxyl groups is 1. The van der Waals surface area contributed by atoms with E-state index in [2.05, 4.69) is 0 Å². The van der Waals surface area contributed by atoms with E-state index >= 15 is 0 Å². The fourth-order valence-electron chi connectivity index (χ4n) is 7.58. The maximum Gasteiger partial charge on any atom is 0.264 e. The van der Waals surface area contributed by atoms with E-state index in [1.807, 2.05) is 68.5 Å². The molecule has 4 aliphatic heterocycles. The van der Waals surface area contributed by atoms with Gasteiger partial charge in [0.05, 0.1) is 37.4 Å². The minimum atomic E-state index is -2.89. The molecule has 0 aliphatic carbocycles. The Morgan fingerprint density at radius 1 is 1.10 bits per heavy atom. The van der Waals surface area contributed by atoms with Gasteiger partial charge in [0.1, 0.15) is 0 Å². The highest BCUT2D eigenvalue weighted by atomic mass is 28.4. The number of para-hydroxylation sites is 1. The van der Waals surface area contributed by atoms with Crippen molar-refractivity contribution in [1.29, 1.82) is 0 Å². The Balaban J connectivity index is 1.31. The first-order valence-electron chi connectivity index (χ1n) is 14.7. The summed E-state index contributed by atoms with van der Waals surface area (Å²) >= 11 is 0. The Bertz CT molecular complexity index is 1360. The van der Waals surface area contributed by atoms with Crippen molar-refractivity contribution in [3.8, 4) is 0 Å². The van der Waals surface area contributed by atoms with Crippen LogP contribution in [0.1, 0.15) is 43.7 Å². The summed E-state index contributed by atoms with van der Waals surface area (Å²) in [5.74, 6) is -0.515. The monoisotopic (exact) mass is 577 g/mol. The minimum Gasteiger partial charge on any atom is -0.432 e. The van der Waals surface area contributed by atoms with Crippen LogP contribution in [0.5, 0.6) is 0 Å². The Morgan fingerprint density at radius 3 is 2.46 bits per heavy atom. The summed E-state index contributed by atoms with van der Waals surface area (Å²) in [5.41, 5.74) is 1.69. The lowest BCUT2D eigenvalue weighted by atomic mass is 9.82. The van der Waals surface area contributed by atoms with Gasteiger partial charge >= 0.3 is 0 Å². The number of rotatable bonds is 7. The first-order valence-corrected chi connectivity index (χ1v) is 17.7. The summed E-state index contributed by atoms with van der Waals surface area (Å²) in [6.07, 6.45) is 1.64. The highest BCUT2D eigenvalue weighted by Crippen LogP contribution is 2.59. The molecule has 3 fully saturated rings. The number of benzene rings is 2. The van der Waals surface area contributed by atoms with Crippen LogP contribution in [0.4, 0.5) is 11.4 Å². The van der Waals surface area contributed by atoms with E-state index in [1.165, 1.54) is 0 Å². The van der Waals surface area contributed by atoms with Crippen molar-refractivity contribution in [1.82, 2.24) is 4.90 Å². The summed E-state index contributed by atoms with van der Waals surface area (Å²) in [6.45, 7) is 7.27. The molecule has 3 amide bonds. The molecule has 41 heavy (non-hydrogen) atoms. The second-order valence-corrected chi connectivity index (χ2v) is 16.5. The Kier molecular flexibility index (Phi) is 7.08. The van der Waals surface area contributed by atoms with Crippen LogP contribution in [0.25, 0.3) is 0 Å². The van der Waals surface area contributed by atoms with Gasteiger partial charge in [0.25, 0.3) is 5.91 Å². The molecule has 0 bridgehead atoms. The molecule has 2 aromatic rings. The average molecular weight is 578 g/mol. The molecule has 0 radical (unpaired) electrons. The van der Waals surface area contributed by atoms with Gasteiger partial charge in [0.15, 0.2) is 13.9 Å². The molecule has 4 aliphatic rings. The van der Waals surface area contributed by atoms with Crippen LogP contribution in [0.2, 0.25) is 18.6 Å². The number of ether oxygens (including phenoxy) is 1. The summed E-state index contributed by atoms with van der Waals surface area (Å²) in [5, 5.41) is 9.77. The molecule has 10 heteroatoms. The van der Waals surface area contributed by atoms with Crippen LogP contribution in [-0.4, -0.2) is 72.7 Å². The first-order chi connectivity index (χ1) is 19.6. The van der Waals surface area contributed by atoms with E-state index in [0.717, 1.165) is 41.9 Å². The van der Waals surface area contributed by atoms with Crippen molar-refractivity contribution in [3.63, 3.8) is 0 Å². The normalized spacial score (nSPS) is 29.4. The van der Waals surface area contributed by atoms with Crippen LogP contribution >= 0.6 is 0 Å². The molecule has 1 spiro atoms. The predicted octanol–water partition coefficient (Wildman–Crippen LogP) is 3.14. The van der Waals surface area contributed by atoms with Gasteiger partial charge in [-0.1, -0.05) is 37.3 Å². The Labute approximate surface area is 241 Å². The van der Waals surface area contributed by atoms with Crippen molar-refractivity contribution < 1.29 is 29.0 Å². The first kappa shape index (κ1) is 28.1. The van der Waals surface area contributed by atoms with Gasteiger partial charge in [-0.3, -0.25) is 14.4 Å². The molecular formula is C31H39N3O6Si. The number of carbonyl (C=O) groups excluding carboxylic acids is 3. The van der Waals surface area contributed by atoms with Gasteiger partial charge in [-0.25, -0.2) is 0 Å². The van der Waals surface area contributed by atoms with Crippen LogP contribution in [0.3, 0.4) is 0 Å². The number of fused-ring (bicyclic) bond motifs is 2. The Morgan fingerprint density at radius 2 is 1.83 bits per heavy atom. The molecule has 0 aromatic heterocycles. The van der Waals surface area contributed by atoms with E-state index in [9.17, 15) is 24.3 Å². The standard InChI is InChI=1S/C31H39N3O6Si/c1-20-29(41(2,3)39)26(17-28(37)32-15-6-7-23(32)19-35)40-31(20)24-8-4-5-9-25(24)34(30(31)38)18-21-10-12-22(13-11-21)33-16-14-27(33)36/h4-5,8-13,20,23,26,29,35,39H,6-7,14-19H2,1-3H3/t20-,23-,26+,29-,31+/m0/s1. The average Bonchev–Trinajstić information content (AvgIpc) is 3.59. The van der Waals surface area contributed by atoms with E-state index in [0.29, 0.717) is 19.5 Å². The Hall–Kier alpha value is -3.05. The minimum absolute atomic E-state index is 0.0658. The van der Waals surface area contributed by atoms with E-state index in [4.69, 9.17) is 4.74 Å². The molecule has 6 rings (SSSR count). The van der Waals surface area contributed by atoms with E-state index < -0.39 is 20.0 Å². The molecule has 218 valence electrons. The van der Waals surface area contributed by atoms with Crippen molar-refractivity contribution >= 4 is 37.4 Å². The second-order valence-electron chi connectivity index (χ2n) is 12.5. The predicted molar refractivity (Wildman–Crippen MR) is 157 cm³/mol.